The van der Waals surface area contributed by atoms with Crippen LogP contribution in [0.25, 0.3) is 0 Å². The smallest absolute Gasteiger partial charge is 0.406 e. The van der Waals surface area contributed by atoms with E-state index in [1.807, 2.05) is 29.2 Å². The molecule has 3 aromatic rings. The summed E-state index contributed by atoms with van der Waals surface area (Å²) in [4.78, 5) is 29.1. The lowest BCUT2D eigenvalue weighted by Crippen LogP contribution is -2.49. The first-order valence-corrected chi connectivity index (χ1v) is 9.77. The Hall–Kier alpha value is -3.89. The summed E-state index contributed by atoms with van der Waals surface area (Å²) in [5.74, 6) is 1.38. The highest BCUT2D eigenvalue weighted by atomic mass is 19.4. The van der Waals surface area contributed by atoms with E-state index in [2.05, 4.69) is 25.0 Å². The summed E-state index contributed by atoms with van der Waals surface area (Å²) >= 11 is 0. The van der Waals surface area contributed by atoms with Crippen molar-refractivity contribution in [3.8, 4) is 5.75 Å². The normalized spacial score (nSPS) is 14.2. The van der Waals surface area contributed by atoms with Crippen molar-refractivity contribution in [2.75, 3.05) is 36.4 Å². The third kappa shape index (κ3) is 5.42. The number of amides is 1. The first-order valence-electron chi connectivity index (χ1n) is 9.77. The second kappa shape index (κ2) is 9.08. The first kappa shape index (κ1) is 21.3. The number of hydrogen-bond donors (Lipinski definition) is 1. The number of rotatable bonds is 5. The highest BCUT2D eigenvalue weighted by Crippen LogP contribution is 2.24. The number of carbonyl (C=O) groups is 1. The van der Waals surface area contributed by atoms with Gasteiger partial charge in [0, 0.05) is 44.0 Å². The average molecular weight is 444 g/mol. The topological polar surface area (TPSA) is 83.5 Å². The Labute approximate surface area is 181 Å². The van der Waals surface area contributed by atoms with Crippen LogP contribution in [0.2, 0.25) is 0 Å². The van der Waals surface area contributed by atoms with Crippen LogP contribution in [0, 0.1) is 0 Å². The summed E-state index contributed by atoms with van der Waals surface area (Å²) in [5.41, 5.74) is 0.303. The van der Waals surface area contributed by atoms with Crippen molar-refractivity contribution >= 4 is 23.4 Å². The Morgan fingerprint density at radius 3 is 2.34 bits per heavy atom. The van der Waals surface area contributed by atoms with E-state index < -0.39 is 6.36 Å². The first-order chi connectivity index (χ1) is 15.4. The molecule has 32 heavy (non-hydrogen) atoms. The fourth-order valence-corrected chi connectivity index (χ4v) is 3.28. The van der Waals surface area contributed by atoms with Gasteiger partial charge < -0.3 is 19.9 Å². The fraction of sp³-hybridized carbons (Fsp3) is 0.238. The number of benzene rings is 1. The van der Waals surface area contributed by atoms with Gasteiger partial charge in [-0.15, -0.1) is 13.2 Å². The molecule has 0 saturated carbocycles. The number of nitrogens with one attached hydrogen (secondary N) is 1. The number of halogens is 3. The SMILES string of the molecule is O=C(c1ccc(OC(F)(F)F)cc1)N1CCN(c2cc(Nc3ccccn3)ncn2)CC1. The van der Waals surface area contributed by atoms with Crippen LogP contribution in [0.15, 0.2) is 61.1 Å². The Morgan fingerprint density at radius 1 is 0.938 bits per heavy atom. The number of nitrogens with zero attached hydrogens (tertiary/aromatic N) is 5. The summed E-state index contributed by atoms with van der Waals surface area (Å²) in [6.45, 7) is 2.02. The van der Waals surface area contributed by atoms with Crippen molar-refractivity contribution in [3.63, 3.8) is 0 Å². The van der Waals surface area contributed by atoms with Crippen LogP contribution >= 0.6 is 0 Å². The minimum atomic E-state index is -4.77. The number of hydrogen-bond acceptors (Lipinski definition) is 7. The van der Waals surface area contributed by atoms with E-state index >= 15 is 0 Å². The third-order valence-electron chi connectivity index (χ3n) is 4.80. The molecule has 8 nitrogen and oxygen atoms in total. The van der Waals surface area contributed by atoms with Crippen LogP contribution in [0.5, 0.6) is 5.75 Å². The van der Waals surface area contributed by atoms with Crippen molar-refractivity contribution in [2.24, 2.45) is 0 Å². The van der Waals surface area contributed by atoms with Crippen molar-refractivity contribution in [3.05, 3.63) is 66.6 Å². The predicted molar refractivity (Wildman–Crippen MR) is 111 cm³/mol. The highest BCUT2D eigenvalue weighted by Gasteiger charge is 2.31. The molecule has 1 saturated heterocycles. The molecule has 2 aromatic heterocycles. The molecule has 1 fully saturated rings. The zero-order valence-corrected chi connectivity index (χ0v) is 16.8. The number of pyridine rings is 1. The number of ether oxygens (including phenoxy) is 1. The second-order valence-corrected chi connectivity index (χ2v) is 6.95. The van der Waals surface area contributed by atoms with Gasteiger partial charge in [-0.05, 0) is 36.4 Å². The van der Waals surface area contributed by atoms with Gasteiger partial charge in [-0.2, -0.15) is 0 Å². The second-order valence-electron chi connectivity index (χ2n) is 6.95. The maximum Gasteiger partial charge on any atom is 0.573 e. The number of anilines is 3. The summed E-state index contributed by atoms with van der Waals surface area (Å²) < 4.78 is 40.7. The summed E-state index contributed by atoms with van der Waals surface area (Å²) in [7, 11) is 0. The summed E-state index contributed by atoms with van der Waals surface area (Å²) in [6, 6.07) is 12.2. The lowest BCUT2D eigenvalue weighted by atomic mass is 10.1. The van der Waals surface area contributed by atoms with Gasteiger partial charge in [0.25, 0.3) is 5.91 Å². The highest BCUT2D eigenvalue weighted by molar-refractivity contribution is 5.94. The van der Waals surface area contributed by atoms with Crippen molar-refractivity contribution in [2.45, 2.75) is 6.36 Å². The van der Waals surface area contributed by atoms with Crippen molar-refractivity contribution < 1.29 is 22.7 Å². The van der Waals surface area contributed by atoms with Crippen LogP contribution in [0.4, 0.5) is 30.6 Å². The Bertz CT molecular complexity index is 1060. The van der Waals surface area contributed by atoms with E-state index in [0.717, 1.165) is 18.0 Å². The number of alkyl halides is 3. The standard InChI is InChI=1S/C21H19F3N6O2/c22-21(23,24)32-16-6-4-15(5-7-16)20(31)30-11-9-29(10-12-30)19-13-18(26-14-27-19)28-17-3-1-2-8-25-17/h1-8,13-14H,9-12H2,(H,25,26,27,28). The molecule has 11 heteroatoms. The molecule has 4 rings (SSSR count). The van der Waals surface area contributed by atoms with Gasteiger partial charge in [0.05, 0.1) is 0 Å². The lowest BCUT2D eigenvalue weighted by molar-refractivity contribution is -0.274. The fourth-order valence-electron chi connectivity index (χ4n) is 3.28. The van der Waals surface area contributed by atoms with Crippen LogP contribution in [-0.4, -0.2) is 58.3 Å². The van der Waals surface area contributed by atoms with Gasteiger partial charge in [-0.25, -0.2) is 15.0 Å². The van der Waals surface area contributed by atoms with Gasteiger partial charge in [-0.3, -0.25) is 4.79 Å². The quantitative estimate of drug-likeness (QED) is 0.645. The maximum absolute atomic E-state index is 12.7. The van der Waals surface area contributed by atoms with Gasteiger partial charge >= 0.3 is 6.36 Å². The molecular weight excluding hydrogens is 425 g/mol. The minimum Gasteiger partial charge on any atom is -0.406 e. The third-order valence-corrected chi connectivity index (χ3v) is 4.80. The summed E-state index contributed by atoms with van der Waals surface area (Å²) in [6.07, 6.45) is -1.63. The van der Waals surface area contributed by atoms with Crippen molar-refractivity contribution in [1.29, 1.82) is 0 Å². The molecule has 1 aliphatic heterocycles. The van der Waals surface area contributed by atoms with Crippen molar-refractivity contribution in [1.82, 2.24) is 19.9 Å². The Balaban J connectivity index is 1.35. The molecule has 166 valence electrons. The van der Waals surface area contributed by atoms with E-state index in [1.165, 1.54) is 18.5 Å². The molecule has 1 amide bonds. The van der Waals surface area contributed by atoms with Crippen LogP contribution in [0.3, 0.4) is 0 Å². The lowest BCUT2D eigenvalue weighted by Gasteiger charge is -2.35. The molecule has 1 aromatic carbocycles. The largest absolute Gasteiger partial charge is 0.573 e. The van der Waals surface area contributed by atoms with Crippen LogP contribution in [-0.2, 0) is 0 Å². The maximum atomic E-state index is 12.7. The summed E-state index contributed by atoms with van der Waals surface area (Å²) in [5, 5.41) is 3.12. The molecular formula is C21H19F3N6O2. The Morgan fingerprint density at radius 2 is 1.69 bits per heavy atom. The molecule has 0 unspecified atom stereocenters. The van der Waals surface area contributed by atoms with E-state index in [-0.39, 0.29) is 11.7 Å². The molecule has 1 aliphatic rings. The molecule has 0 aliphatic carbocycles. The molecule has 0 bridgehead atoms. The van der Waals surface area contributed by atoms with E-state index in [1.54, 1.807) is 11.1 Å². The van der Waals surface area contributed by atoms with Crippen LogP contribution < -0.4 is 15.0 Å². The number of piperazine rings is 1. The predicted octanol–water partition coefficient (Wildman–Crippen LogP) is 3.48. The van der Waals surface area contributed by atoms with Crippen LogP contribution in [0.1, 0.15) is 10.4 Å². The van der Waals surface area contributed by atoms with Gasteiger partial charge in [0.2, 0.25) is 0 Å². The molecule has 3 heterocycles. The molecule has 0 radical (unpaired) electrons. The van der Waals surface area contributed by atoms with Gasteiger partial charge in [0.1, 0.15) is 29.5 Å². The van der Waals surface area contributed by atoms with Gasteiger partial charge in [0.15, 0.2) is 0 Å². The average Bonchev–Trinajstić information content (AvgIpc) is 2.79. The minimum absolute atomic E-state index is 0.247. The monoisotopic (exact) mass is 444 g/mol. The zero-order chi connectivity index (χ0) is 22.6. The van der Waals surface area contributed by atoms with E-state index in [9.17, 15) is 18.0 Å². The van der Waals surface area contributed by atoms with Gasteiger partial charge in [-0.1, -0.05) is 6.07 Å². The number of carbonyl (C=O) groups excluding carboxylic acids is 1. The van der Waals surface area contributed by atoms with E-state index in [0.29, 0.717) is 43.4 Å². The molecule has 0 atom stereocenters. The molecule has 0 spiro atoms. The van der Waals surface area contributed by atoms with E-state index in [4.69, 9.17) is 0 Å². The Kier molecular flexibility index (Phi) is 6.06. The zero-order valence-electron chi connectivity index (χ0n) is 16.8. The number of aromatic nitrogens is 3. The molecule has 1 N–H and O–H groups in total.